The highest BCUT2D eigenvalue weighted by Gasteiger charge is 2.33. The van der Waals surface area contributed by atoms with Crippen molar-refractivity contribution >= 4 is 33.8 Å². The largest absolute Gasteiger partial charge is 0.449 e. The van der Waals surface area contributed by atoms with Crippen LogP contribution in [0, 0.1) is 0 Å². The number of halogens is 3. The molecule has 0 aliphatic carbocycles. The first-order chi connectivity index (χ1) is 12.6. The van der Waals surface area contributed by atoms with Crippen LogP contribution in [0.15, 0.2) is 29.4 Å². The minimum absolute atomic E-state index is 0.00121. The van der Waals surface area contributed by atoms with Gasteiger partial charge in [0.05, 0.1) is 27.9 Å². The maximum Gasteiger partial charge on any atom is 0.433 e. The molecule has 27 heavy (non-hydrogen) atoms. The monoisotopic (exact) mass is 398 g/mol. The fourth-order valence-corrected chi connectivity index (χ4v) is 3.67. The van der Waals surface area contributed by atoms with Gasteiger partial charge < -0.3 is 9.59 Å². The highest BCUT2D eigenvalue weighted by Crippen LogP contribution is 2.31. The summed E-state index contributed by atoms with van der Waals surface area (Å²) in [4.78, 5) is 11.5. The Kier molecular flexibility index (Phi) is 4.72. The van der Waals surface area contributed by atoms with E-state index in [1.165, 1.54) is 30.8 Å². The van der Waals surface area contributed by atoms with Crippen LogP contribution in [0.25, 0.3) is 22.6 Å². The van der Waals surface area contributed by atoms with Crippen molar-refractivity contribution < 1.29 is 26.6 Å². The zero-order valence-electron chi connectivity index (χ0n) is 14.3. The summed E-state index contributed by atoms with van der Waals surface area (Å²) in [5.41, 5.74) is -0.481. The summed E-state index contributed by atoms with van der Waals surface area (Å²) in [7, 11) is -2.59. The van der Waals surface area contributed by atoms with E-state index in [9.17, 15) is 26.6 Å². The number of fused-ring (bicyclic) bond motifs is 1. The number of hydrogen-bond acceptors (Lipinski definition) is 6. The maximum atomic E-state index is 12.9. The van der Waals surface area contributed by atoms with Gasteiger partial charge in [0.15, 0.2) is 15.7 Å². The van der Waals surface area contributed by atoms with Crippen LogP contribution in [0.3, 0.4) is 0 Å². The van der Waals surface area contributed by atoms with Crippen molar-refractivity contribution in [3.8, 4) is 11.5 Å². The molecule has 0 aliphatic heterocycles. The summed E-state index contributed by atoms with van der Waals surface area (Å²) in [6, 6.07) is 2.09. The van der Waals surface area contributed by atoms with E-state index in [-0.39, 0.29) is 27.7 Å². The molecule has 142 valence electrons. The lowest BCUT2D eigenvalue weighted by molar-refractivity contribution is -0.141. The van der Waals surface area contributed by atoms with Crippen LogP contribution >= 0.6 is 0 Å². The van der Waals surface area contributed by atoms with Crippen molar-refractivity contribution in [2.45, 2.75) is 18.0 Å². The van der Waals surface area contributed by atoms with E-state index in [4.69, 9.17) is 0 Å². The van der Waals surface area contributed by atoms with E-state index in [1.54, 1.807) is 0 Å². The zero-order chi connectivity index (χ0) is 20.0. The molecule has 0 unspecified atom stereocenters. The van der Waals surface area contributed by atoms with Gasteiger partial charge in [-0.3, -0.25) is 4.98 Å². The Morgan fingerprint density at radius 3 is 2.52 bits per heavy atom. The summed E-state index contributed by atoms with van der Waals surface area (Å²) >= 11 is 0. The van der Waals surface area contributed by atoms with Gasteiger partial charge in [-0.1, -0.05) is 6.92 Å². The summed E-state index contributed by atoms with van der Waals surface area (Å²) in [5.74, 6) is -0.122. The summed E-state index contributed by atoms with van der Waals surface area (Å²) in [6.45, 7) is 1.46. The van der Waals surface area contributed by atoms with Crippen LogP contribution in [0.2, 0.25) is 0 Å². The topological polar surface area (TPSA) is 98.0 Å². The molecule has 0 aromatic carbocycles. The quantitative estimate of drug-likeness (QED) is 0.654. The Hall–Kier alpha value is -2.47. The van der Waals surface area contributed by atoms with Gasteiger partial charge in [-0.15, -0.1) is 0 Å². The highest BCUT2D eigenvalue weighted by molar-refractivity contribution is 7.91. The average Bonchev–Trinajstić information content (AvgIpc) is 2.96. The number of imidazole rings is 1. The van der Waals surface area contributed by atoms with Gasteiger partial charge in [-0.2, -0.15) is 13.2 Å². The molecule has 1 N–H and O–H groups in total. The van der Waals surface area contributed by atoms with Crippen molar-refractivity contribution in [2.24, 2.45) is 7.05 Å². The van der Waals surface area contributed by atoms with E-state index >= 15 is 0 Å². The predicted octanol–water partition coefficient (Wildman–Crippen LogP) is 0.812. The first kappa shape index (κ1) is 19.3. The van der Waals surface area contributed by atoms with Crippen molar-refractivity contribution in [1.82, 2.24) is 19.5 Å². The Labute approximate surface area is 153 Å². The molecular formula is C15H14BF3N4O3S. The molecule has 12 heteroatoms. The number of sulfone groups is 1. The van der Waals surface area contributed by atoms with Gasteiger partial charge in [-0.25, -0.2) is 18.4 Å². The third-order valence-corrected chi connectivity index (χ3v) is 5.82. The third kappa shape index (κ3) is 3.41. The first-order valence-electron chi connectivity index (χ1n) is 7.81. The van der Waals surface area contributed by atoms with Gasteiger partial charge in [0.25, 0.3) is 0 Å². The van der Waals surface area contributed by atoms with E-state index in [0.717, 1.165) is 12.3 Å². The molecule has 0 saturated carbocycles. The smallest absolute Gasteiger partial charge is 0.433 e. The fourth-order valence-electron chi connectivity index (χ4n) is 2.59. The molecule has 3 rings (SSSR count). The molecule has 3 aromatic heterocycles. The number of alkyl halides is 3. The average molecular weight is 398 g/mol. The number of aromatic nitrogens is 4. The van der Waals surface area contributed by atoms with Crippen LogP contribution in [0.5, 0.6) is 0 Å². The minimum Gasteiger partial charge on any atom is -0.449 e. The fraction of sp³-hybridized carbons (Fsp3) is 0.267. The molecule has 3 heterocycles. The molecule has 0 radical (unpaired) electrons. The van der Waals surface area contributed by atoms with Gasteiger partial charge in [0, 0.05) is 13.2 Å². The molecule has 0 atom stereocenters. The van der Waals surface area contributed by atoms with Gasteiger partial charge in [-0.05, 0) is 17.6 Å². The molecular weight excluding hydrogens is 384 g/mol. The van der Waals surface area contributed by atoms with E-state index < -0.39 is 29.2 Å². The van der Waals surface area contributed by atoms with E-state index in [2.05, 4.69) is 15.0 Å². The third-order valence-electron chi connectivity index (χ3n) is 4.08. The molecule has 0 amide bonds. The summed E-state index contributed by atoms with van der Waals surface area (Å²) in [5, 5.41) is 9.27. The standard InChI is InChI=1S/C15H14BF3N4O3S/c1-3-27(25,26)11-4-8(16-24)6-21-13(11)14-22-9-5-12(15(17,18)19)20-7-10(9)23(14)2/h4-7,16,24H,3H2,1-2H3. The number of rotatable bonds is 4. The van der Waals surface area contributed by atoms with Crippen molar-refractivity contribution in [3.63, 3.8) is 0 Å². The predicted molar refractivity (Wildman–Crippen MR) is 93.5 cm³/mol. The van der Waals surface area contributed by atoms with Crippen LogP contribution in [0.1, 0.15) is 12.6 Å². The summed E-state index contributed by atoms with van der Waals surface area (Å²) < 4.78 is 65.0. The number of hydrogen-bond donors (Lipinski definition) is 1. The highest BCUT2D eigenvalue weighted by atomic mass is 32.2. The molecule has 0 fully saturated rings. The van der Waals surface area contributed by atoms with Crippen LogP contribution in [-0.2, 0) is 23.1 Å². The Balaban J connectivity index is 2.28. The maximum absolute atomic E-state index is 12.9. The Bertz CT molecular complexity index is 1130. The van der Waals surface area contributed by atoms with Crippen LogP contribution in [0.4, 0.5) is 13.2 Å². The molecule has 0 spiro atoms. The zero-order valence-corrected chi connectivity index (χ0v) is 15.1. The number of nitrogens with zero attached hydrogens (tertiary/aromatic N) is 4. The van der Waals surface area contributed by atoms with Crippen LogP contribution < -0.4 is 5.46 Å². The number of aryl methyl sites for hydroxylation is 1. The second-order valence-corrected chi connectivity index (χ2v) is 8.05. The molecule has 3 aromatic rings. The second-order valence-electron chi connectivity index (χ2n) is 5.80. The van der Waals surface area contributed by atoms with E-state index in [1.807, 2.05) is 0 Å². The second kappa shape index (κ2) is 6.61. The van der Waals surface area contributed by atoms with Crippen molar-refractivity contribution in [3.05, 3.63) is 30.2 Å². The summed E-state index contributed by atoms with van der Waals surface area (Å²) in [6.07, 6.45) is -2.29. The minimum atomic E-state index is -4.62. The van der Waals surface area contributed by atoms with E-state index in [0.29, 0.717) is 11.0 Å². The number of pyridine rings is 2. The Morgan fingerprint density at radius 2 is 1.93 bits per heavy atom. The van der Waals surface area contributed by atoms with Gasteiger partial charge in [0.2, 0.25) is 0 Å². The van der Waals surface area contributed by atoms with Gasteiger partial charge >= 0.3 is 13.7 Å². The normalized spacial score (nSPS) is 12.5. The SMILES string of the molecule is CCS(=O)(=O)c1cc(BO)cnc1-c1nc2cc(C(F)(F)F)ncc2n1C. The molecule has 0 aliphatic rings. The van der Waals surface area contributed by atoms with Crippen molar-refractivity contribution in [2.75, 3.05) is 5.75 Å². The molecule has 0 bridgehead atoms. The molecule has 0 saturated heterocycles. The first-order valence-corrected chi connectivity index (χ1v) is 9.46. The lowest BCUT2D eigenvalue weighted by Crippen LogP contribution is -2.19. The lowest BCUT2D eigenvalue weighted by Gasteiger charge is -2.10. The van der Waals surface area contributed by atoms with Crippen LogP contribution in [-0.4, -0.2) is 46.2 Å². The van der Waals surface area contributed by atoms with Gasteiger partial charge in [0.1, 0.15) is 11.4 Å². The lowest BCUT2D eigenvalue weighted by atomic mass is 9.90. The van der Waals surface area contributed by atoms with Crippen molar-refractivity contribution in [1.29, 1.82) is 0 Å². The molecule has 7 nitrogen and oxygen atoms in total. The Morgan fingerprint density at radius 1 is 1.22 bits per heavy atom.